The molecule has 0 bridgehead atoms. The minimum atomic E-state index is 0.112. The number of nitrogens with zero attached hydrogens (tertiary/aromatic N) is 1. The van der Waals surface area contributed by atoms with Crippen molar-refractivity contribution in [1.82, 2.24) is 4.90 Å². The van der Waals surface area contributed by atoms with Crippen LogP contribution in [-0.2, 0) is 0 Å². The zero-order valence-electron chi connectivity index (χ0n) is 10.9. The van der Waals surface area contributed by atoms with Gasteiger partial charge in [-0.1, -0.05) is 15.9 Å². The average molecular weight is 391 g/mol. The molecule has 3 nitrogen and oxygen atoms in total. The number of halogens is 2. The van der Waals surface area contributed by atoms with Gasteiger partial charge in [0, 0.05) is 24.0 Å². The molecule has 1 aliphatic heterocycles. The van der Waals surface area contributed by atoms with Crippen LogP contribution in [-0.4, -0.2) is 36.3 Å². The number of carbonyl (C=O) groups excluding carboxylic acids is 1. The Morgan fingerprint density at radius 3 is 2.95 bits per heavy atom. The van der Waals surface area contributed by atoms with Gasteiger partial charge in [-0.15, -0.1) is 0 Å². The van der Waals surface area contributed by atoms with Gasteiger partial charge < -0.3 is 9.64 Å². The molecule has 0 aromatic heterocycles. The molecule has 19 heavy (non-hydrogen) atoms. The molecule has 0 N–H and O–H groups in total. The van der Waals surface area contributed by atoms with E-state index in [2.05, 4.69) is 31.9 Å². The number of ether oxygens (including phenoxy) is 1. The molecule has 0 aliphatic carbocycles. The number of benzene rings is 1. The predicted octanol–water partition coefficient (Wildman–Crippen LogP) is 3.70. The van der Waals surface area contributed by atoms with Gasteiger partial charge in [0.15, 0.2) is 0 Å². The SMILES string of the molecule is COc1ccc(C(=O)N2CCC(CCBr)C2)cc1Br. The number of hydrogen-bond donors (Lipinski definition) is 0. The minimum absolute atomic E-state index is 0.112. The molecule has 1 saturated heterocycles. The number of carbonyl (C=O) groups is 1. The smallest absolute Gasteiger partial charge is 0.253 e. The Labute approximate surface area is 130 Å². The molecular weight excluding hydrogens is 374 g/mol. The highest BCUT2D eigenvalue weighted by molar-refractivity contribution is 9.10. The Bertz CT molecular complexity index is 465. The fraction of sp³-hybridized carbons (Fsp3) is 0.500. The molecule has 1 heterocycles. The van der Waals surface area contributed by atoms with Gasteiger partial charge in [0.2, 0.25) is 0 Å². The normalized spacial score (nSPS) is 18.7. The standard InChI is InChI=1S/C14H17Br2NO2/c1-19-13-3-2-11(8-12(13)16)14(18)17-7-5-10(9-17)4-6-15/h2-3,8,10H,4-7,9H2,1H3. The Balaban J connectivity index is 2.06. The predicted molar refractivity (Wildman–Crippen MR) is 83.1 cm³/mol. The zero-order chi connectivity index (χ0) is 13.8. The Morgan fingerprint density at radius 2 is 2.32 bits per heavy atom. The highest BCUT2D eigenvalue weighted by atomic mass is 79.9. The summed E-state index contributed by atoms with van der Waals surface area (Å²) in [6.07, 6.45) is 2.24. The number of hydrogen-bond acceptors (Lipinski definition) is 2. The molecule has 0 radical (unpaired) electrons. The van der Waals surface area contributed by atoms with Crippen LogP contribution < -0.4 is 4.74 Å². The fourth-order valence-electron chi connectivity index (χ4n) is 2.39. The molecule has 2 rings (SSSR count). The molecule has 1 fully saturated rings. The van der Waals surface area contributed by atoms with Crippen molar-refractivity contribution in [2.75, 3.05) is 25.5 Å². The first-order valence-electron chi connectivity index (χ1n) is 6.34. The second-order valence-electron chi connectivity index (χ2n) is 4.73. The lowest BCUT2D eigenvalue weighted by Gasteiger charge is -2.17. The summed E-state index contributed by atoms with van der Waals surface area (Å²) >= 11 is 6.88. The van der Waals surface area contributed by atoms with Crippen molar-refractivity contribution >= 4 is 37.8 Å². The molecule has 1 aliphatic rings. The van der Waals surface area contributed by atoms with Crippen LogP contribution in [0.2, 0.25) is 0 Å². The monoisotopic (exact) mass is 389 g/mol. The van der Waals surface area contributed by atoms with Gasteiger partial charge >= 0.3 is 0 Å². The number of alkyl halides is 1. The second-order valence-corrected chi connectivity index (χ2v) is 6.38. The fourth-order valence-corrected chi connectivity index (χ4v) is 3.58. The van der Waals surface area contributed by atoms with Gasteiger partial charge in [-0.2, -0.15) is 0 Å². The summed E-state index contributed by atoms with van der Waals surface area (Å²) < 4.78 is 5.99. The summed E-state index contributed by atoms with van der Waals surface area (Å²) in [7, 11) is 1.62. The maximum atomic E-state index is 12.4. The van der Waals surface area contributed by atoms with Crippen LogP contribution in [0, 0.1) is 5.92 Å². The first kappa shape index (κ1) is 14.9. The van der Waals surface area contributed by atoms with Crippen LogP contribution in [0.1, 0.15) is 23.2 Å². The minimum Gasteiger partial charge on any atom is -0.496 e. The average Bonchev–Trinajstić information content (AvgIpc) is 2.87. The van der Waals surface area contributed by atoms with Crippen molar-refractivity contribution in [1.29, 1.82) is 0 Å². The number of amides is 1. The third-order valence-corrected chi connectivity index (χ3v) is 4.57. The molecule has 1 atom stereocenters. The van der Waals surface area contributed by atoms with Crippen molar-refractivity contribution in [3.63, 3.8) is 0 Å². The third kappa shape index (κ3) is 3.51. The Hall–Kier alpha value is -0.550. The molecule has 5 heteroatoms. The van der Waals surface area contributed by atoms with Gasteiger partial charge in [-0.25, -0.2) is 0 Å². The molecular formula is C14H17Br2NO2. The van der Waals surface area contributed by atoms with Crippen LogP contribution in [0.25, 0.3) is 0 Å². The quantitative estimate of drug-likeness (QED) is 0.733. The van der Waals surface area contributed by atoms with Gasteiger partial charge in [-0.05, 0) is 52.9 Å². The summed E-state index contributed by atoms with van der Waals surface area (Å²) in [6.45, 7) is 1.73. The largest absolute Gasteiger partial charge is 0.496 e. The van der Waals surface area contributed by atoms with E-state index in [0.29, 0.717) is 11.5 Å². The van der Waals surface area contributed by atoms with Crippen LogP contribution in [0.3, 0.4) is 0 Å². The number of rotatable bonds is 4. The topological polar surface area (TPSA) is 29.5 Å². The van der Waals surface area contributed by atoms with Crippen LogP contribution in [0.4, 0.5) is 0 Å². The van der Waals surface area contributed by atoms with E-state index in [1.54, 1.807) is 7.11 Å². The summed E-state index contributed by atoms with van der Waals surface area (Å²) in [5.41, 5.74) is 0.715. The molecule has 0 spiro atoms. The summed E-state index contributed by atoms with van der Waals surface area (Å²) in [5.74, 6) is 1.49. The lowest BCUT2D eigenvalue weighted by atomic mass is 10.1. The van der Waals surface area contributed by atoms with E-state index in [1.807, 2.05) is 23.1 Å². The second kappa shape index (κ2) is 6.75. The van der Waals surface area contributed by atoms with Crippen molar-refractivity contribution in [2.24, 2.45) is 5.92 Å². The molecule has 1 aromatic rings. The van der Waals surface area contributed by atoms with Crippen molar-refractivity contribution in [2.45, 2.75) is 12.8 Å². The van der Waals surface area contributed by atoms with Gasteiger partial charge in [0.05, 0.1) is 11.6 Å². The van der Waals surface area contributed by atoms with E-state index in [1.165, 1.54) is 0 Å². The molecule has 104 valence electrons. The van der Waals surface area contributed by atoms with E-state index >= 15 is 0 Å². The first-order valence-corrected chi connectivity index (χ1v) is 8.26. The van der Waals surface area contributed by atoms with Crippen molar-refractivity contribution in [3.8, 4) is 5.75 Å². The maximum absolute atomic E-state index is 12.4. The number of methoxy groups -OCH3 is 1. The molecule has 0 saturated carbocycles. The highest BCUT2D eigenvalue weighted by Gasteiger charge is 2.26. The van der Waals surface area contributed by atoms with E-state index in [-0.39, 0.29) is 5.91 Å². The lowest BCUT2D eigenvalue weighted by molar-refractivity contribution is 0.0787. The number of likely N-dealkylation sites (tertiary alicyclic amines) is 1. The molecule has 1 aromatic carbocycles. The third-order valence-electron chi connectivity index (χ3n) is 3.49. The van der Waals surface area contributed by atoms with Gasteiger partial charge in [0.1, 0.15) is 5.75 Å². The van der Waals surface area contributed by atoms with E-state index in [0.717, 1.165) is 41.5 Å². The Kier molecular flexibility index (Phi) is 5.28. The summed E-state index contributed by atoms with van der Waals surface area (Å²) in [4.78, 5) is 14.3. The lowest BCUT2D eigenvalue weighted by Crippen LogP contribution is -2.28. The summed E-state index contributed by atoms with van der Waals surface area (Å²) in [5, 5.41) is 1.01. The summed E-state index contributed by atoms with van der Waals surface area (Å²) in [6, 6.07) is 5.48. The van der Waals surface area contributed by atoms with Crippen molar-refractivity contribution < 1.29 is 9.53 Å². The van der Waals surface area contributed by atoms with Crippen LogP contribution >= 0.6 is 31.9 Å². The molecule has 1 amide bonds. The van der Waals surface area contributed by atoms with Crippen LogP contribution in [0.5, 0.6) is 5.75 Å². The van der Waals surface area contributed by atoms with Crippen molar-refractivity contribution in [3.05, 3.63) is 28.2 Å². The van der Waals surface area contributed by atoms with Crippen LogP contribution in [0.15, 0.2) is 22.7 Å². The Morgan fingerprint density at radius 1 is 1.53 bits per heavy atom. The zero-order valence-corrected chi connectivity index (χ0v) is 14.0. The maximum Gasteiger partial charge on any atom is 0.253 e. The first-order chi connectivity index (χ1) is 9.15. The van der Waals surface area contributed by atoms with E-state index in [9.17, 15) is 4.79 Å². The van der Waals surface area contributed by atoms with E-state index in [4.69, 9.17) is 4.74 Å². The molecule has 1 unspecified atom stereocenters. The van der Waals surface area contributed by atoms with Gasteiger partial charge in [-0.3, -0.25) is 4.79 Å². The van der Waals surface area contributed by atoms with Gasteiger partial charge in [0.25, 0.3) is 5.91 Å². The van der Waals surface area contributed by atoms with E-state index < -0.39 is 0 Å². The highest BCUT2D eigenvalue weighted by Crippen LogP contribution is 2.27.